The summed E-state index contributed by atoms with van der Waals surface area (Å²) < 4.78 is 10.7. The van der Waals surface area contributed by atoms with E-state index >= 15 is 0 Å². The van der Waals surface area contributed by atoms with Crippen LogP contribution in [0.15, 0.2) is 12.1 Å². The highest BCUT2D eigenvalue weighted by Crippen LogP contribution is 2.38. The minimum absolute atomic E-state index is 0.0193. The summed E-state index contributed by atoms with van der Waals surface area (Å²) in [7, 11) is 0. The molecular weight excluding hydrogens is 346 g/mol. The molecule has 26 heavy (non-hydrogen) atoms. The van der Waals surface area contributed by atoms with Gasteiger partial charge in [0.2, 0.25) is 11.7 Å². The molecule has 10 nitrogen and oxygen atoms in total. The van der Waals surface area contributed by atoms with Crippen molar-refractivity contribution in [3.8, 4) is 11.5 Å². The zero-order valence-electron chi connectivity index (χ0n) is 14.6. The summed E-state index contributed by atoms with van der Waals surface area (Å²) in [6.45, 7) is 4.61. The average molecular weight is 367 g/mol. The third kappa shape index (κ3) is 4.39. The predicted molar refractivity (Wildman–Crippen MR) is 90.3 cm³/mol. The number of carbonyl (C=O) groups is 2. The number of nitrogens with zero attached hydrogens (tertiary/aromatic N) is 2. The molecule has 0 spiro atoms. The number of phenols is 1. The summed E-state index contributed by atoms with van der Waals surface area (Å²) in [5, 5.41) is 23.6. The van der Waals surface area contributed by atoms with Gasteiger partial charge in [0.25, 0.3) is 5.91 Å². The fourth-order valence-corrected chi connectivity index (χ4v) is 2.61. The summed E-state index contributed by atoms with van der Waals surface area (Å²) in [5.41, 5.74) is -0.563. The van der Waals surface area contributed by atoms with E-state index in [1.807, 2.05) is 0 Å². The molecule has 1 atom stereocenters. The zero-order chi connectivity index (χ0) is 19.3. The monoisotopic (exact) mass is 367 g/mol. The van der Waals surface area contributed by atoms with Crippen LogP contribution in [0.4, 0.5) is 5.69 Å². The Morgan fingerprint density at radius 2 is 2.23 bits per heavy atom. The minimum atomic E-state index is -0.758. The molecular formula is C16H21N3O7. The van der Waals surface area contributed by atoms with Gasteiger partial charge >= 0.3 is 5.69 Å². The molecule has 1 heterocycles. The molecule has 0 aromatic heterocycles. The van der Waals surface area contributed by atoms with Crippen molar-refractivity contribution in [2.24, 2.45) is 0 Å². The van der Waals surface area contributed by atoms with Gasteiger partial charge in [-0.25, -0.2) is 0 Å². The van der Waals surface area contributed by atoms with Crippen LogP contribution in [-0.2, 0) is 9.53 Å². The van der Waals surface area contributed by atoms with Crippen molar-refractivity contribution in [3.63, 3.8) is 0 Å². The lowest BCUT2D eigenvalue weighted by Gasteiger charge is -2.32. The van der Waals surface area contributed by atoms with Gasteiger partial charge < -0.3 is 24.8 Å². The number of carbonyl (C=O) groups excluding carboxylic acids is 2. The Kier molecular flexibility index (Phi) is 6.34. The van der Waals surface area contributed by atoms with Crippen molar-refractivity contribution in [1.29, 1.82) is 0 Å². The molecule has 2 rings (SSSR count). The van der Waals surface area contributed by atoms with E-state index in [0.29, 0.717) is 19.7 Å². The number of rotatable bonds is 6. The van der Waals surface area contributed by atoms with E-state index in [0.717, 1.165) is 6.07 Å². The Morgan fingerprint density at radius 1 is 1.50 bits per heavy atom. The average Bonchev–Trinajstić information content (AvgIpc) is 2.61. The maximum Gasteiger partial charge on any atom is 0.314 e. The topological polar surface area (TPSA) is 131 Å². The highest BCUT2D eigenvalue weighted by atomic mass is 16.6. The number of nitro benzene ring substituents is 1. The SMILES string of the molecule is CCOc1c(C(=O)NCC2CN(C(C)=O)CCO2)ccc([N+](=O)[O-])c1O. The molecule has 0 saturated carbocycles. The zero-order valence-corrected chi connectivity index (χ0v) is 14.6. The Balaban J connectivity index is 2.10. The number of hydrogen-bond acceptors (Lipinski definition) is 7. The molecule has 2 amide bonds. The highest BCUT2D eigenvalue weighted by Gasteiger charge is 2.26. The number of hydrogen-bond donors (Lipinski definition) is 2. The Morgan fingerprint density at radius 3 is 2.85 bits per heavy atom. The number of amides is 2. The first kappa shape index (κ1) is 19.4. The fourth-order valence-electron chi connectivity index (χ4n) is 2.61. The maximum absolute atomic E-state index is 12.4. The van der Waals surface area contributed by atoms with Gasteiger partial charge in [-0.05, 0) is 13.0 Å². The molecule has 1 saturated heterocycles. The van der Waals surface area contributed by atoms with Crippen LogP contribution in [0, 0.1) is 10.1 Å². The van der Waals surface area contributed by atoms with E-state index in [-0.39, 0.29) is 36.5 Å². The largest absolute Gasteiger partial charge is 0.499 e. The second-order valence-corrected chi connectivity index (χ2v) is 5.67. The molecule has 1 aromatic rings. The van der Waals surface area contributed by atoms with Crippen LogP contribution in [0.1, 0.15) is 24.2 Å². The first-order valence-corrected chi connectivity index (χ1v) is 8.13. The van der Waals surface area contributed by atoms with Crippen LogP contribution in [0.5, 0.6) is 11.5 Å². The van der Waals surface area contributed by atoms with Crippen molar-refractivity contribution in [2.75, 3.05) is 32.8 Å². The number of morpholine rings is 1. The molecule has 142 valence electrons. The Labute approximate surface area is 149 Å². The maximum atomic E-state index is 12.4. The Bertz CT molecular complexity index is 707. The molecule has 1 fully saturated rings. The number of phenolic OH excluding ortho intramolecular Hbond substituents is 1. The van der Waals surface area contributed by atoms with Gasteiger partial charge in [0.1, 0.15) is 0 Å². The van der Waals surface area contributed by atoms with Crippen LogP contribution in [0.2, 0.25) is 0 Å². The molecule has 0 aliphatic carbocycles. The first-order valence-electron chi connectivity index (χ1n) is 8.13. The van der Waals surface area contributed by atoms with Gasteiger partial charge in [0.15, 0.2) is 5.75 Å². The van der Waals surface area contributed by atoms with Gasteiger partial charge in [-0.15, -0.1) is 0 Å². The van der Waals surface area contributed by atoms with E-state index in [2.05, 4.69) is 5.32 Å². The molecule has 10 heteroatoms. The van der Waals surface area contributed by atoms with Crippen molar-refractivity contribution in [2.45, 2.75) is 20.0 Å². The van der Waals surface area contributed by atoms with E-state index < -0.39 is 22.3 Å². The number of ether oxygens (including phenoxy) is 2. The van der Waals surface area contributed by atoms with Gasteiger partial charge in [0.05, 0.1) is 29.8 Å². The van der Waals surface area contributed by atoms with E-state index in [1.54, 1.807) is 11.8 Å². The standard InChI is InChI=1S/C16H21N3O7/c1-3-25-15-12(4-5-13(14(15)21)19(23)24)16(22)17-8-11-9-18(10(2)20)6-7-26-11/h4-5,11,21H,3,6-9H2,1-2H3,(H,17,22). The fraction of sp³-hybridized carbons (Fsp3) is 0.500. The van der Waals surface area contributed by atoms with Gasteiger partial charge in [-0.3, -0.25) is 19.7 Å². The number of nitro groups is 1. The van der Waals surface area contributed by atoms with E-state index in [1.165, 1.54) is 13.0 Å². The van der Waals surface area contributed by atoms with Crippen molar-refractivity contribution in [1.82, 2.24) is 10.2 Å². The lowest BCUT2D eigenvalue weighted by Crippen LogP contribution is -2.49. The van der Waals surface area contributed by atoms with Crippen LogP contribution >= 0.6 is 0 Å². The third-order valence-corrected chi connectivity index (χ3v) is 3.91. The molecule has 1 aliphatic rings. The van der Waals surface area contributed by atoms with Crippen LogP contribution in [-0.4, -0.2) is 65.7 Å². The van der Waals surface area contributed by atoms with Crippen LogP contribution in [0.25, 0.3) is 0 Å². The summed E-state index contributed by atoms with van der Waals surface area (Å²) in [6.07, 6.45) is -0.362. The number of nitrogens with one attached hydrogen (secondary N) is 1. The van der Waals surface area contributed by atoms with E-state index in [4.69, 9.17) is 9.47 Å². The normalized spacial score (nSPS) is 16.8. The highest BCUT2D eigenvalue weighted by molar-refractivity contribution is 5.98. The van der Waals surface area contributed by atoms with Gasteiger partial charge in [-0.2, -0.15) is 0 Å². The quantitative estimate of drug-likeness (QED) is 0.558. The second kappa shape index (κ2) is 8.48. The second-order valence-electron chi connectivity index (χ2n) is 5.67. The summed E-state index contributed by atoms with van der Waals surface area (Å²) in [5.74, 6) is -1.57. The number of benzene rings is 1. The van der Waals surface area contributed by atoms with E-state index in [9.17, 15) is 24.8 Å². The van der Waals surface area contributed by atoms with Gasteiger partial charge in [0, 0.05) is 32.6 Å². The molecule has 1 aromatic carbocycles. The predicted octanol–water partition coefficient (Wildman–Crippen LogP) is 0.676. The molecule has 1 unspecified atom stereocenters. The first-order chi connectivity index (χ1) is 12.3. The van der Waals surface area contributed by atoms with Crippen LogP contribution in [0.3, 0.4) is 0 Å². The van der Waals surface area contributed by atoms with Gasteiger partial charge in [-0.1, -0.05) is 0 Å². The lowest BCUT2D eigenvalue weighted by atomic mass is 10.1. The summed E-state index contributed by atoms with van der Waals surface area (Å²) in [6, 6.07) is 2.27. The number of aromatic hydroxyl groups is 1. The smallest absolute Gasteiger partial charge is 0.314 e. The summed E-state index contributed by atoms with van der Waals surface area (Å²) in [4.78, 5) is 35.6. The van der Waals surface area contributed by atoms with Crippen LogP contribution < -0.4 is 10.1 Å². The minimum Gasteiger partial charge on any atom is -0.499 e. The van der Waals surface area contributed by atoms with Crippen molar-refractivity contribution in [3.05, 3.63) is 27.8 Å². The molecule has 1 aliphatic heterocycles. The Hall–Kier alpha value is -2.88. The molecule has 0 bridgehead atoms. The van der Waals surface area contributed by atoms with Crippen molar-refractivity contribution >= 4 is 17.5 Å². The molecule has 2 N–H and O–H groups in total. The molecule has 0 radical (unpaired) electrons. The summed E-state index contributed by atoms with van der Waals surface area (Å²) >= 11 is 0. The van der Waals surface area contributed by atoms with Crippen molar-refractivity contribution < 1.29 is 29.1 Å². The lowest BCUT2D eigenvalue weighted by molar-refractivity contribution is -0.386. The third-order valence-electron chi connectivity index (χ3n) is 3.91.